The van der Waals surface area contributed by atoms with Crippen LogP contribution in [0.5, 0.6) is 0 Å². The Labute approximate surface area is 106 Å². The zero-order valence-electron chi connectivity index (χ0n) is 10.2. The first-order valence-electron chi connectivity index (χ1n) is 5.41. The van der Waals surface area contributed by atoms with Gasteiger partial charge in [0.2, 0.25) is 0 Å². The van der Waals surface area contributed by atoms with Crippen molar-refractivity contribution in [2.75, 3.05) is 32.6 Å². The minimum Gasteiger partial charge on any atom is -0.383 e. The highest BCUT2D eigenvalue weighted by Gasteiger charge is 2.25. The standard InChI is InChI=1S/C13H15ClN2O/c1-15(2)7-9-8-16(3)12-5-4-10(14)6-11(12)13(9)17/h4-7H,8H2,1-3H3. The van der Waals surface area contributed by atoms with Crippen molar-refractivity contribution in [1.82, 2.24) is 4.90 Å². The molecule has 0 amide bonds. The maximum Gasteiger partial charge on any atom is 0.194 e. The Bertz CT molecular complexity index is 494. The molecule has 0 saturated heterocycles. The van der Waals surface area contributed by atoms with Crippen LogP contribution in [0, 0.1) is 0 Å². The highest BCUT2D eigenvalue weighted by molar-refractivity contribution is 6.31. The van der Waals surface area contributed by atoms with Gasteiger partial charge in [-0.25, -0.2) is 0 Å². The van der Waals surface area contributed by atoms with Gasteiger partial charge in [0.1, 0.15) is 0 Å². The van der Waals surface area contributed by atoms with E-state index in [-0.39, 0.29) is 5.78 Å². The van der Waals surface area contributed by atoms with E-state index in [0.29, 0.717) is 17.1 Å². The van der Waals surface area contributed by atoms with Gasteiger partial charge in [-0.15, -0.1) is 0 Å². The number of hydrogen-bond acceptors (Lipinski definition) is 3. The predicted molar refractivity (Wildman–Crippen MR) is 70.8 cm³/mol. The van der Waals surface area contributed by atoms with E-state index in [1.807, 2.05) is 44.4 Å². The fourth-order valence-corrected chi connectivity index (χ4v) is 2.19. The molecule has 4 heteroatoms. The molecule has 0 fully saturated rings. The first-order chi connectivity index (χ1) is 7.99. The van der Waals surface area contributed by atoms with Gasteiger partial charge in [-0.05, 0) is 18.2 Å². The number of anilines is 1. The Morgan fingerprint density at radius 1 is 1.41 bits per heavy atom. The van der Waals surface area contributed by atoms with E-state index in [2.05, 4.69) is 4.90 Å². The molecule has 0 saturated carbocycles. The van der Waals surface area contributed by atoms with E-state index < -0.39 is 0 Å². The summed E-state index contributed by atoms with van der Waals surface area (Å²) in [4.78, 5) is 16.2. The van der Waals surface area contributed by atoms with E-state index in [1.165, 1.54) is 0 Å². The average molecular weight is 251 g/mol. The zero-order chi connectivity index (χ0) is 12.6. The summed E-state index contributed by atoms with van der Waals surface area (Å²) in [6, 6.07) is 5.44. The summed E-state index contributed by atoms with van der Waals surface area (Å²) in [7, 11) is 5.80. The van der Waals surface area contributed by atoms with E-state index in [4.69, 9.17) is 11.6 Å². The predicted octanol–water partition coefficient (Wildman–Crippen LogP) is 2.42. The summed E-state index contributed by atoms with van der Waals surface area (Å²) in [5.41, 5.74) is 2.40. The maximum absolute atomic E-state index is 12.3. The van der Waals surface area contributed by atoms with Gasteiger partial charge in [0.25, 0.3) is 0 Å². The Morgan fingerprint density at radius 3 is 2.76 bits per heavy atom. The molecule has 1 aromatic rings. The van der Waals surface area contributed by atoms with Crippen LogP contribution >= 0.6 is 11.6 Å². The monoisotopic (exact) mass is 250 g/mol. The van der Waals surface area contributed by atoms with Crippen molar-refractivity contribution in [3.63, 3.8) is 0 Å². The van der Waals surface area contributed by atoms with Gasteiger partial charge in [0.05, 0.1) is 0 Å². The molecule has 0 atom stereocenters. The van der Waals surface area contributed by atoms with Crippen LogP contribution < -0.4 is 4.90 Å². The maximum atomic E-state index is 12.3. The molecule has 1 aliphatic rings. The summed E-state index contributed by atoms with van der Waals surface area (Å²) in [5, 5.41) is 0.594. The van der Waals surface area contributed by atoms with Crippen molar-refractivity contribution < 1.29 is 4.79 Å². The molecule has 0 bridgehead atoms. The van der Waals surface area contributed by atoms with E-state index in [1.54, 1.807) is 6.07 Å². The van der Waals surface area contributed by atoms with Gasteiger partial charge in [-0.1, -0.05) is 11.6 Å². The number of halogens is 1. The van der Waals surface area contributed by atoms with Gasteiger partial charge < -0.3 is 9.80 Å². The molecular weight excluding hydrogens is 236 g/mol. The topological polar surface area (TPSA) is 23.6 Å². The van der Waals surface area contributed by atoms with Crippen LogP contribution in [-0.2, 0) is 0 Å². The Hall–Kier alpha value is -1.48. The third kappa shape index (κ3) is 2.29. The molecule has 3 nitrogen and oxygen atoms in total. The van der Waals surface area contributed by atoms with Crippen molar-refractivity contribution in [2.45, 2.75) is 0 Å². The van der Waals surface area contributed by atoms with Crippen LogP contribution in [0.1, 0.15) is 10.4 Å². The first kappa shape index (κ1) is 12.0. The zero-order valence-corrected chi connectivity index (χ0v) is 11.0. The summed E-state index contributed by atoms with van der Waals surface area (Å²) in [5.74, 6) is 0.0642. The second-order valence-electron chi connectivity index (χ2n) is 4.46. The Balaban J connectivity index is 2.50. The fourth-order valence-electron chi connectivity index (χ4n) is 2.02. The summed E-state index contributed by atoms with van der Waals surface area (Å²) >= 11 is 5.94. The Kier molecular flexibility index (Phi) is 3.11. The summed E-state index contributed by atoms with van der Waals surface area (Å²) < 4.78 is 0. The average Bonchev–Trinajstić information content (AvgIpc) is 2.24. The lowest BCUT2D eigenvalue weighted by Gasteiger charge is -2.29. The fraction of sp³-hybridized carbons (Fsp3) is 0.308. The van der Waals surface area contributed by atoms with Crippen molar-refractivity contribution in [3.8, 4) is 0 Å². The second-order valence-corrected chi connectivity index (χ2v) is 4.90. The molecule has 0 spiro atoms. The number of fused-ring (bicyclic) bond motifs is 1. The number of Topliss-reactive ketones (excluding diaryl/α,β-unsaturated/α-hetero) is 1. The van der Waals surface area contributed by atoms with Crippen LogP contribution in [0.3, 0.4) is 0 Å². The minimum absolute atomic E-state index is 0.0642. The highest BCUT2D eigenvalue weighted by Crippen LogP contribution is 2.30. The summed E-state index contributed by atoms with van der Waals surface area (Å²) in [6.45, 7) is 0.631. The van der Waals surface area contributed by atoms with Crippen LogP contribution in [0.25, 0.3) is 0 Å². The number of rotatable bonds is 1. The van der Waals surface area contributed by atoms with Gasteiger partial charge in [-0.2, -0.15) is 0 Å². The molecule has 90 valence electrons. The molecule has 0 radical (unpaired) electrons. The molecule has 0 N–H and O–H groups in total. The third-order valence-corrected chi connectivity index (χ3v) is 2.96. The van der Waals surface area contributed by atoms with Gasteiger partial charge in [0, 0.05) is 55.7 Å². The Morgan fingerprint density at radius 2 is 2.12 bits per heavy atom. The van der Waals surface area contributed by atoms with Gasteiger partial charge in [-0.3, -0.25) is 4.79 Å². The molecule has 1 heterocycles. The number of nitrogens with zero attached hydrogens (tertiary/aromatic N) is 2. The second kappa shape index (κ2) is 4.41. The molecule has 2 rings (SSSR count). The van der Waals surface area contributed by atoms with Crippen LogP contribution in [0.4, 0.5) is 5.69 Å². The number of likely N-dealkylation sites (N-methyl/N-ethyl adjacent to an activating group) is 1. The van der Waals surface area contributed by atoms with Gasteiger partial charge in [0.15, 0.2) is 5.78 Å². The summed E-state index contributed by atoms with van der Waals surface area (Å²) in [6.07, 6.45) is 1.86. The van der Waals surface area contributed by atoms with Crippen LogP contribution in [0.15, 0.2) is 30.0 Å². The quantitative estimate of drug-likeness (QED) is 0.716. The third-order valence-electron chi connectivity index (χ3n) is 2.73. The molecule has 17 heavy (non-hydrogen) atoms. The van der Waals surface area contributed by atoms with Crippen LogP contribution in [0.2, 0.25) is 5.02 Å². The molecule has 1 aliphatic heterocycles. The lowest BCUT2D eigenvalue weighted by atomic mass is 9.97. The van der Waals surface area contributed by atoms with E-state index >= 15 is 0 Å². The molecule has 0 aliphatic carbocycles. The minimum atomic E-state index is 0.0642. The smallest absolute Gasteiger partial charge is 0.194 e. The number of benzene rings is 1. The van der Waals surface area contributed by atoms with Gasteiger partial charge >= 0.3 is 0 Å². The van der Waals surface area contributed by atoms with Crippen molar-refractivity contribution in [2.24, 2.45) is 0 Å². The number of hydrogen-bond donors (Lipinski definition) is 0. The lowest BCUT2D eigenvalue weighted by molar-refractivity contribution is 0.102. The number of carbonyl (C=O) groups is 1. The largest absolute Gasteiger partial charge is 0.383 e. The van der Waals surface area contributed by atoms with E-state index in [0.717, 1.165) is 11.3 Å². The van der Waals surface area contributed by atoms with Crippen LogP contribution in [-0.4, -0.2) is 38.4 Å². The van der Waals surface area contributed by atoms with Crippen molar-refractivity contribution in [1.29, 1.82) is 0 Å². The highest BCUT2D eigenvalue weighted by atomic mass is 35.5. The number of carbonyl (C=O) groups excluding carboxylic acids is 1. The first-order valence-corrected chi connectivity index (χ1v) is 5.79. The normalized spacial score (nSPS) is 17.3. The van der Waals surface area contributed by atoms with Crippen molar-refractivity contribution >= 4 is 23.1 Å². The molecular formula is C13H15ClN2O. The van der Waals surface area contributed by atoms with Crippen molar-refractivity contribution in [3.05, 3.63) is 40.6 Å². The SMILES string of the molecule is CN(C)C=C1CN(C)c2ccc(Cl)cc2C1=O. The lowest BCUT2D eigenvalue weighted by Crippen LogP contribution is -2.31. The molecule has 0 aromatic heterocycles. The number of ketones is 1. The molecule has 1 aromatic carbocycles. The van der Waals surface area contributed by atoms with E-state index in [9.17, 15) is 4.79 Å². The molecule has 0 unspecified atom stereocenters.